The predicted octanol–water partition coefficient (Wildman–Crippen LogP) is 0.680. The number of carbonyl (C=O) groups is 2. The minimum absolute atomic E-state index is 0.381. The molecular weight excluding hydrogens is 274 g/mol. The largest absolute Gasteiger partial charge is 0.493 e. The second-order valence-electron chi connectivity index (χ2n) is 3.90. The van der Waals surface area contributed by atoms with Crippen molar-refractivity contribution in [2.24, 2.45) is 5.10 Å². The van der Waals surface area contributed by atoms with Gasteiger partial charge in [0.2, 0.25) is 0 Å². The molecule has 0 aliphatic heterocycles. The summed E-state index contributed by atoms with van der Waals surface area (Å²) in [7, 11) is 1.55. The molecule has 0 unspecified atom stereocenters. The first-order valence-corrected chi connectivity index (χ1v) is 6.54. The maximum Gasteiger partial charge on any atom is 0.329 e. The summed E-state index contributed by atoms with van der Waals surface area (Å²) in [5, 5.41) is 6.09. The molecule has 0 heterocycles. The number of hydrogen-bond acceptors (Lipinski definition) is 5. The first-order chi connectivity index (χ1) is 10.1. The normalized spacial score (nSPS) is 10.2. The number of methoxy groups -OCH3 is 1. The number of benzene rings is 1. The van der Waals surface area contributed by atoms with Crippen LogP contribution in [0.25, 0.3) is 0 Å². The summed E-state index contributed by atoms with van der Waals surface area (Å²) in [6.45, 7) is 4.48. The van der Waals surface area contributed by atoms with Crippen molar-refractivity contribution >= 4 is 18.0 Å². The predicted molar refractivity (Wildman–Crippen MR) is 78.6 cm³/mol. The Kier molecular flexibility index (Phi) is 6.73. The molecule has 0 saturated heterocycles. The van der Waals surface area contributed by atoms with E-state index in [1.165, 1.54) is 6.21 Å². The van der Waals surface area contributed by atoms with E-state index < -0.39 is 11.8 Å². The molecule has 2 amide bonds. The maximum absolute atomic E-state index is 11.3. The molecule has 114 valence electrons. The molecular formula is C14H19N3O4. The van der Waals surface area contributed by atoms with Gasteiger partial charge in [0.15, 0.2) is 11.5 Å². The van der Waals surface area contributed by atoms with Crippen LogP contribution in [0, 0.1) is 0 Å². The summed E-state index contributed by atoms with van der Waals surface area (Å²) < 4.78 is 10.6. The number of nitrogens with one attached hydrogen (secondary N) is 2. The topological polar surface area (TPSA) is 89.0 Å². The van der Waals surface area contributed by atoms with Crippen LogP contribution in [-0.2, 0) is 9.59 Å². The van der Waals surface area contributed by atoms with Crippen molar-refractivity contribution in [3.8, 4) is 11.5 Å². The van der Waals surface area contributed by atoms with Gasteiger partial charge in [-0.1, -0.05) is 0 Å². The number of hydrogen-bond donors (Lipinski definition) is 2. The van der Waals surface area contributed by atoms with Crippen molar-refractivity contribution in [3.63, 3.8) is 0 Å². The molecule has 0 saturated carbocycles. The Hall–Kier alpha value is -2.57. The summed E-state index contributed by atoms with van der Waals surface area (Å²) in [4.78, 5) is 22.5. The fraction of sp³-hybridized carbons (Fsp3) is 0.357. The van der Waals surface area contributed by atoms with Crippen LogP contribution in [0.4, 0.5) is 0 Å². The zero-order chi connectivity index (χ0) is 15.7. The maximum atomic E-state index is 11.3. The van der Waals surface area contributed by atoms with Gasteiger partial charge in [0.05, 0.1) is 19.9 Å². The quantitative estimate of drug-likeness (QED) is 0.458. The van der Waals surface area contributed by atoms with Gasteiger partial charge in [0, 0.05) is 6.54 Å². The van der Waals surface area contributed by atoms with Gasteiger partial charge >= 0.3 is 11.8 Å². The van der Waals surface area contributed by atoms with E-state index in [2.05, 4.69) is 15.8 Å². The Bertz CT molecular complexity index is 529. The molecule has 7 nitrogen and oxygen atoms in total. The molecule has 0 radical (unpaired) electrons. The van der Waals surface area contributed by atoms with Gasteiger partial charge < -0.3 is 14.8 Å². The molecule has 7 heteroatoms. The van der Waals surface area contributed by atoms with Crippen LogP contribution in [0.3, 0.4) is 0 Å². The molecule has 0 spiro atoms. The van der Waals surface area contributed by atoms with Crippen LogP contribution in [-0.4, -0.2) is 38.3 Å². The molecule has 0 atom stereocenters. The Morgan fingerprint density at radius 2 is 2.00 bits per heavy atom. The lowest BCUT2D eigenvalue weighted by atomic mass is 10.2. The summed E-state index contributed by atoms with van der Waals surface area (Å²) in [5.41, 5.74) is 2.85. The summed E-state index contributed by atoms with van der Waals surface area (Å²) in [6.07, 6.45) is 1.42. The summed E-state index contributed by atoms with van der Waals surface area (Å²) in [6, 6.07) is 5.21. The zero-order valence-corrected chi connectivity index (χ0v) is 12.3. The van der Waals surface area contributed by atoms with Crippen LogP contribution in [0.5, 0.6) is 11.5 Å². The second kappa shape index (κ2) is 8.57. The lowest BCUT2D eigenvalue weighted by Gasteiger charge is -2.09. The average Bonchev–Trinajstić information content (AvgIpc) is 2.48. The number of ether oxygens (including phenoxy) is 2. The highest BCUT2D eigenvalue weighted by atomic mass is 16.5. The Labute approximate surface area is 123 Å². The Balaban J connectivity index is 2.70. The fourth-order valence-electron chi connectivity index (χ4n) is 1.50. The molecule has 0 fully saturated rings. The third kappa shape index (κ3) is 5.13. The third-order valence-corrected chi connectivity index (χ3v) is 2.41. The van der Waals surface area contributed by atoms with Crippen LogP contribution >= 0.6 is 0 Å². The second-order valence-corrected chi connectivity index (χ2v) is 3.90. The third-order valence-electron chi connectivity index (χ3n) is 2.41. The monoisotopic (exact) mass is 293 g/mol. The number of hydrazone groups is 1. The van der Waals surface area contributed by atoms with Crippen molar-refractivity contribution in [2.75, 3.05) is 20.3 Å². The van der Waals surface area contributed by atoms with E-state index in [1.807, 2.05) is 6.92 Å². The van der Waals surface area contributed by atoms with E-state index in [4.69, 9.17) is 9.47 Å². The first-order valence-electron chi connectivity index (χ1n) is 6.54. The van der Waals surface area contributed by atoms with Gasteiger partial charge in [0.1, 0.15) is 0 Å². The van der Waals surface area contributed by atoms with Crippen molar-refractivity contribution < 1.29 is 19.1 Å². The van der Waals surface area contributed by atoms with Crippen molar-refractivity contribution in [1.82, 2.24) is 10.7 Å². The smallest absolute Gasteiger partial charge is 0.329 e. The van der Waals surface area contributed by atoms with Crippen molar-refractivity contribution in [3.05, 3.63) is 23.8 Å². The van der Waals surface area contributed by atoms with E-state index in [-0.39, 0.29) is 0 Å². The first kappa shape index (κ1) is 16.5. The minimum atomic E-state index is -0.813. The van der Waals surface area contributed by atoms with Gasteiger partial charge in [-0.15, -0.1) is 0 Å². The highest BCUT2D eigenvalue weighted by molar-refractivity contribution is 6.35. The number of rotatable bonds is 6. The number of amides is 2. The molecule has 0 bridgehead atoms. The van der Waals surface area contributed by atoms with Crippen LogP contribution in [0.2, 0.25) is 0 Å². The molecule has 1 aromatic rings. The highest BCUT2D eigenvalue weighted by Crippen LogP contribution is 2.27. The van der Waals surface area contributed by atoms with Gasteiger partial charge in [-0.3, -0.25) is 9.59 Å². The number of nitrogens with zero attached hydrogens (tertiary/aromatic N) is 1. The van der Waals surface area contributed by atoms with Crippen LogP contribution < -0.4 is 20.2 Å². The molecule has 1 aromatic carbocycles. The van der Waals surface area contributed by atoms with E-state index in [0.29, 0.717) is 30.2 Å². The van der Waals surface area contributed by atoms with E-state index in [9.17, 15) is 9.59 Å². The fourth-order valence-corrected chi connectivity index (χ4v) is 1.50. The average molecular weight is 293 g/mol. The molecule has 0 aliphatic rings. The standard InChI is InChI=1S/C14H19N3O4/c1-4-15-13(18)14(19)17-16-9-10-6-7-11(20-3)12(8-10)21-5-2/h6-9H,4-5H2,1-3H3,(H,15,18)(H,17,19)/b16-9-. The molecule has 2 N–H and O–H groups in total. The minimum Gasteiger partial charge on any atom is -0.493 e. The van der Waals surface area contributed by atoms with Crippen molar-refractivity contribution in [1.29, 1.82) is 0 Å². The van der Waals surface area contributed by atoms with Crippen LogP contribution in [0.15, 0.2) is 23.3 Å². The number of carbonyl (C=O) groups excluding carboxylic acids is 2. The Morgan fingerprint density at radius 1 is 1.24 bits per heavy atom. The lowest BCUT2D eigenvalue weighted by molar-refractivity contribution is -0.139. The molecule has 1 rings (SSSR count). The molecule has 0 aromatic heterocycles. The van der Waals surface area contributed by atoms with Gasteiger partial charge in [0.25, 0.3) is 0 Å². The van der Waals surface area contributed by atoms with Gasteiger partial charge in [-0.05, 0) is 37.6 Å². The van der Waals surface area contributed by atoms with Gasteiger partial charge in [-0.2, -0.15) is 5.10 Å². The van der Waals surface area contributed by atoms with Gasteiger partial charge in [-0.25, -0.2) is 5.43 Å². The SMILES string of the molecule is CCNC(=O)C(=O)N/N=C\c1ccc(OC)c(OCC)c1. The van der Waals surface area contributed by atoms with E-state index in [0.717, 1.165) is 0 Å². The van der Waals surface area contributed by atoms with Crippen molar-refractivity contribution in [2.45, 2.75) is 13.8 Å². The number of likely N-dealkylation sites (N-methyl/N-ethyl adjacent to an activating group) is 1. The Morgan fingerprint density at radius 3 is 2.62 bits per heavy atom. The molecule has 0 aliphatic carbocycles. The summed E-state index contributed by atoms with van der Waals surface area (Å²) in [5.74, 6) is -0.342. The molecule has 21 heavy (non-hydrogen) atoms. The zero-order valence-electron chi connectivity index (χ0n) is 12.3. The van der Waals surface area contributed by atoms with E-state index >= 15 is 0 Å². The van der Waals surface area contributed by atoms with E-state index in [1.54, 1.807) is 32.2 Å². The van der Waals surface area contributed by atoms with Crippen LogP contribution in [0.1, 0.15) is 19.4 Å². The highest BCUT2D eigenvalue weighted by Gasteiger charge is 2.10. The lowest BCUT2D eigenvalue weighted by Crippen LogP contribution is -2.37. The summed E-state index contributed by atoms with van der Waals surface area (Å²) >= 11 is 0.